The average molecular weight is 320 g/mol. The van der Waals surface area contributed by atoms with Crippen molar-refractivity contribution in [3.63, 3.8) is 0 Å². The zero-order chi connectivity index (χ0) is 15.9. The highest BCUT2D eigenvalue weighted by molar-refractivity contribution is 5.84. The molecule has 5 rings (SSSR count). The first kappa shape index (κ1) is 13.8. The van der Waals surface area contributed by atoms with Crippen LogP contribution in [0.4, 0.5) is 17.5 Å². The molecule has 6 heteroatoms. The van der Waals surface area contributed by atoms with Gasteiger partial charge in [0.15, 0.2) is 11.5 Å². The van der Waals surface area contributed by atoms with Crippen LogP contribution in [-0.2, 0) is 0 Å². The number of rotatable bonds is 4. The van der Waals surface area contributed by atoms with Gasteiger partial charge in [0.1, 0.15) is 5.52 Å². The van der Waals surface area contributed by atoms with Crippen molar-refractivity contribution in [3.05, 3.63) is 36.7 Å². The lowest BCUT2D eigenvalue weighted by Crippen LogP contribution is -2.26. The molecule has 0 saturated heterocycles. The first-order chi connectivity index (χ1) is 11.8. The van der Waals surface area contributed by atoms with E-state index in [0.717, 1.165) is 28.9 Å². The van der Waals surface area contributed by atoms with Crippen molar-refractivity contribution >= 4 is 28.6 Å². The quantitative estimate of drug-likeness (QED) is 0.683. The number of aromatic amines is 1. The lowest BCUT2D eigenvalue weighted by atomic mass is 9.95. The maximum Gasteiger partial charge on any atom is 0.231 e. The van der Waals surface area contributed by atoms with Gasteiger partial charge in [0, 0.05) is 11.7 Å². The van der Waals surface area contributed by atoms with Crippen LogP contribution >= 0.6 is 0 Å². The second-order valence-electron chi connectivity index (χ2n) is 6.91. The minimum Gasteiger partial charge on any atom is -0.365 e. The molecule has 2 bridgehead atoms. The van der Waals surface area contributed by atoms with Crippen LogP contribution in [0.5, 0.6) is 0 Å². The molecule has 1 aromatic carbocycles. The Labute approximate surface area is 140 Å². The summed E-state index contributed by atoms with van der Waals surface area (Å²) in [5.74, 6) is 3.11. The summed E-state index contributed by atoms with van der Waals surface area (Å²) in [7, 11) is 0. The number of fused-ring (bicyclic) bond motifs is 3. The molecular formula is C18H20N6. The molecule has 2 aliphatic rings. The molecule has 0 unspecified atom stereocenters. The van der Waals surface area contributed by atoms with E-state index in [2.05, 4.69) is 25.6 Å². The van der Waals surface area contributed by atoms with E-state index in [1.54, 1.807) is 6.33 Å². The standard InChI is InChI=1S/C18H20N6/c1-2-4-13(5-3-1)21-18-23-16-15(19-10-20-16)17(24-18)22-14-9-11-6-7-12(14)8-11/h1-5,10-12,14H,6-9H2,(H3,19,20,21,22,23,24)/t11-,12+,14+/m0/s1. The molecule has 3 atom stereocenters. The molecule has 0 radical (unpaired) electrons. The van der Waals surface area contributed by atoms with Crippen LogP contribution in [-0.4, -0.2) is 26.0 Å². The van der Waals surface area contributed by atoms with Crippen LogP contribution in [0.25, 0.3) is 11.2 Å². The molecule has 24 heavy (non-hydrogen) atoms. The Morgan fingerprint density at radius 2 is 1.96 bits per heavy atom. The van der Waals surface area contributed by atoms with E-state index in [1.165, 1.54) is 25.7 Å². The number of nitrogens with one attached hydrogen (secondary N) is 3. The van der Waals surface area contributed by atoms with Gasteiger partial charge in [-0.15, -0.1) is 0 Å². The molecule has 2 fully saturated rings. The molecule has 3 N–H and O–H groups in total. The Morgan fingerprint density at radius 3 is 2.75 bits per heavy atom. The van der Waals surface area contributed by atoms with Gasteiger partial charge in [0.25, 0.3) is 0 Å². The maximum absolute atomic E-state index is 4.71. The van der Waals surface area contributed by atoms with Crippen molar-refractivity contribution in [1.29, 1.82) is 0 Å². The monoisotopic (exact) mass is 320 g/mol. The van der Waals surface area contributed by atoms with Gasteiger partial charge in [-0.05, 0) is 43.2 Å². The minimum absolute atomic E-state index is 0.523. The molecule has 6 nitrogen and oxygen atoms in total. The first-order valence-corrected chi connectivity index (χ1v) is 8.65. The maximum atomic E-state index is 4.71. The van der Waals surface area contributed by atoms with Crippen LogP contribution in [0.1, 0.15) is 25.7 Å². The zero-order valence-electron chi connectivity index (χ0n) is 13.4. The fourth-order valence-corrected chi connectivity index (χ4v) is 4.24. The predicted octanol–water partition coefficient (Wildman–Crippen LogP) is 3.70. The number of anilines is 3. The third-order valence-electron chi connectivity index (χ3n) is 5.38. The van der Waals surface area contributed by atoms with Crippen molar-refractivity contribution in [1.82, 2.24) is 19.9 Å². The molecule has 2 aliphatic carbocycles. The minimum atomic E-state index is 0.523. The Balaban J connectivity index is 1.47. The summed E-state index contributed by atoms with van der Waals surface area (Å²) in [6, 6.07) is 10.5. The molecule has 0 aliphatic heterocycles. The summed E-state index contributed by atoms with van der Waals surface area (Å²) in [5.41, 5.74) is 2.55. The molecule has 0 spiro atoms. The Bertz CT molecular complexity index is 858. The van der Waals surface area contributed by atoms with Gasteiger partial charge >= 0.3 is 0 Å². The van der Waals surface area contributed by atoms with Crippen molar-refractivity contribution in [3.8, 4) is 0 Å². The highest BCUT2D eigenvalue weighted by atomic mass is 15.2. The first-order valence-electron chi connectivity index (χ1n) is 8.65. The van der Waals surface area contributed by atoms with E-state index in [4.69, 9.17) is 4.98 Å². The van der Waals surface area contributed by atoms with E-state index < -0.39 is 0 Å². The number of imidazole rings is 1. The molecule has 2 heterocycles. The number of hydrogen-bond acceptors (Lipinski definition) is 5. The van der Waals surface area contributed by atoms with Crippen LogP contribution < -0.4 is 10.6 Å². The topological polar surface area (TPSA) is 78.5 Å². The Hall–Kier alpha value is -2.63. The summed E-state index contributed by atoms with van der Waals surface area (Å²) in [4.78, 5) is 16.7. The van der Waals surface area contributed by atoms with E-state index in [-0.39, 0.29) is 0 Å². The van der Waals surface area contributed by atoms with Crippen molar-refractivity contribution in [2.75, 3.05) is 10.6 Å². The summed E-state index contributed by atoms with van der Waals surface area (Å²) in [6.07, 6.45) is 7.04. The number of hydrogen-bond donors (Lipinski definition) is 3. The van der Waals surface area contributed by atoms with Gasteiger partial charge in [0.2, 0.25) is 5.95 Å². The van der Waals surface area contributed by atoms with Crippen molar-refractivity contribution in [2.45, 2.75) is 31.7 Å². The summed E-state index contributed by atoms with van der Waals surface area (Å²) in [5, 5.41) is 6.93. The van der Waals surface area contributed by atoms with Gasteiger partial charge in [0.05, 0.1) is 6.33 Å². The van der Waals surface area contributed by atoms with Crippen molar-refractivity contribution in [2.24, 2.45) is 11.8 Å². The Kier molecular flexibility index (Phi) is 3.14. The van der Waals surface area contributed by atoms with E-state index in [1.807, 2.05) is 30.3 Å². The molecular weight excluding hydrogens is 300 g/mol. The number of nitrogens with zero attached hydrogens (tertiary/aromatic N) is 3. The Morgan fingerprint density at radius 1 is 1.04 bits per heavy atom. The third kappa shape index (κ3) is 2.38. The smallest absolute Gasteiger partial charge is 0.231 e. The fraction of sp³-hybridized carbons (Fsp3) is 0.389. The van der Waals surface area contributed by atoms with E-state index in [9.17, 15) is 0 Å². The number of aromatic nitrogens is 4. The molecule has 2 saturated carbocycles. The highest BCUT2D eigenvalue weighted by Crippen LogP contribution is 2.45. The second kappa shape index (κ2) is 5.47. The number of H-pyrrole nitrogens is 1. The molecule has 0 amide bonds. The SMILES string of the molecule is c1ccc(Nc2nc(N[C@@H]3C[C@H]4CC[C@@H]3C4)c3[nH]cnc3n2)cc1. The van der Waals surface area contributed by atoms with Gasteiger partial charge in [-0.2, -0.15) is 9.97 Å². The normalized spacial score (nSPS) is 25.2. The van der Waals surface area contributed by atoms with Crippen LogP contribution in [0, 0.1) is 11.8 Å². The largest absolute Gasteiger partial charge is 0.365 e. The van der Waals surface area contributed by atoms with E-state index >= 15 is 0 Å². The van der Waals surface area contributed by atoms with Crippen LogP contribution in [0.3, 0.4) is 0 Å². The lowest BCUT2D eigenvalue weighted by Gasteiger charge is -2.23. The summed E-state index contributed by atoms with van der Waals surface area (Å²) >= 11 is 0. The molecule has 122 valence electrons. The lowest BCUT2D eigenvalue weighted by molar-refractivity contribution is 0.439. The predicted molar refractivity (Wildman–Crippen MR) is 94.3 cm³/mol. The summed E-state index contributed by atoms with van der Waals surface area (Å²) < 4.78 is 0. The fourth-order valence-electron chi connectivity index (χ4n) is 4.24. The van der Waals surface area contributed by atoms with Gasteiger partial charge in [-0.3, -0.25) is 0 Å². The van der Waals surface area contributed by atoms with Gasteiger partial charge < -0.3 is 15.6 Å². The highest BCUT2D eigenvalue weighted by Gasteiger charge is 2.39. The van der Waals surface area contributed by atoms with E-state index in [0.29, 0.717) is 17.6 Å². The number of benzene rings is 1. The van der Waals surface area contributed by atoms with Crippen LogP contribution in [0.15, 0.2) is 36.7 Å². The number of para-hydroxylation sites is 1. The molecule has 3 aromatic rings. The third-order valence-corrected chi connectivity index (χ3v) is 5.38. The van der Waals surface area contributed by atoms with Crippen molar-refractivity contribution < 1.29 is 0 Å². The zero-order valence-corrected chi connectivity index (χ0v) is 13.4. The van der Waals surface area contributed by atoms with Crippen LogP contribution in [0.2, 0.25) is 0 Å². The summed E-state index contributed by atoms with van der Waals surface area (Å²) in [6.45, 7) is 0. The second-order valence-corrected chi connectivity index (χ2v) is 6.91. The van der Waals surface area contributed by atoms with Gasteiger partial charge in [-0.25, -0.2) is 4.98 Å². The average Bonchev–Trinajstić information content (AvgIpc) is 3.32. The van der Waals surface area contributed by atoms with Gasteiger partial charge in [-0.1, -0.05) is 24.6 Å². The molecule has 2 aromatic heterocycles.